The Kier molecular flexibility index (Phi) is 6.68. The molecule has 27 heavy (non-hydrogen) atoms. The molecule has 0 aliphatic heterocycles. The van der Waals surface area contributed by atoms with Crippen molar-refractivity contribution in [2.24, 2.45) is 0 Å². The summed E-state index contributed by atoms with van der Waals surface area (Å²) in [7, 11) is -3.53. The Morgan fingerprint density at radius 3 is 2.26 bits per heavy atom. The van der Waals surface area contributed by atoms with Crippen molar-refractivity contribution in [2.75, 3.05) is 13.1 Å². The van der Waals surface area contributed by atoms with E-state index < -0.39 is 20.9 Å². The fraction of sp³-hybridized carbons (Fsp3) is 0.353. The Bertz CT molecular complexity index is 918. The van der Waals surface area contributed by atoms with Crippen LogP contribution in [-0.2, 0) is 10.0 Å². The number of nitrogens with zero attached hydrogens (tertiary/aromatic N) is 2. The molecule has 0 aliphatic rings. The zero-order valence-corrected chi connectivity index (χ0v) is 16.8. The van der Waals surface area contributed by atoms with Crippen molar-refractivity contribution in [3.05, 3.63) is 57.0 Å². The van der Waals surface area contributed by atoms with E-state index >= 15 is 0 Å². The lowest BCUT2D eigenvalue weighted by molar-refractivity contribution is -0.380. The van der Waals surface area contributed by atoms with Gasteiger partial charge in [0.05, 0.1) is 20.7 Å². The maximum absolute atomic E-state index is 12.5. The second kappa shape index (κ2) is 8.59. The van der Waals surface area contributed by atoms with E-state index in [0.29, 0.717) is 13.1 Å². The Morgan fingerprint density at radius 1 is 1.19 bits per heavy atom. The van der Waals surface area contributed by atoms with Crippen LogP contribution in [0.1, 0.15) is 42.0 Å². The first-order valence-corrected chi connectivity index (χ1v) is 10.6. The van der Waals surface area contributed by atoms with Gasteiger partial charge >= 0.3 is 5.00 Å². The number of hydrogen-bond acceptors (Lipinski definition) is 6. The average Bonchev–Trinajstić information content (AvgIpc) is 3.13. The lowest BCUT2D eigenvalue weighted by atomic mass is 10.1. The van der Waals surface area contributed by atoms with E-state index in [1.807, 2.05) is 0 Å². The minimum atomic E-state index is -3.53. The molecule has 0 bridgehead atoms. The molecule has 0 radical (unpaired) electrons. The van der Waals surface area contributed by atoms with Gasteiger partial charge in [-0.25, -0.2) is 8.42 Å². The summed E-state index contributed by atoms with van der Waals surface area (Å²) in [4.78, 5) is 22.8. The highest BCUT2D eigenvalue weighted by Crippen LogP contribution is 2.25. The fourth-order valence-electron chi connectivity index (χ4n) is 2.54. The van der Waals surface area contributed by atoms with Crippen LogP contribution in [0.25, 0.3) is 0 Å². The topological polar surface area (TPSA) is 110 Å². The molecule has 8 nitrogen and oxygen atoms in total. The van der Waals surface area contributed by atoms with Gasteiger partial charge in [-0.15, -0.1) is 0 Å². The van der Waals surface area contributed by atoms with E-state index in [2.05, 4.69) is 5.32 Å². The molecule has 0 aliphatic carbocycles. The van der Waals surface area contributed by atoms with E-state index in [1.165, 1.54) is 28.6 Å². The van der Waals surface area contributed by atoms with Gasteiger partial charge in [-0.3, -0.25) is 14.9 Å². The summed E-state index contributed by atoms with van der Waals surface area (Å²) in [6, 6.07) is 8.64. The number of amides is 1. The maximum Gasteiger partial charge on any atom is 0.324 e. The second-order valence-corrected chi connectivity index (χ2v) is 8.75. The molecule has 1 amide bonds. The fourth-order valence-corrected chi connectivity index (χ4v) is 4.72. The molecular weight excluding hydrogens is 390 g/mol. The van der Waals surface area contributed by atoms with Crippen molar-refractivity contribution in [2.45, 2.75) is 31.7 Å². The van der Waals surface area contributed by atoms with Gasteiger partial charge in [-0.2, -0.15) is 4.31 Å². The van der Waals surface area contributed by atoms with Gasteiger partial charge < -0.3 is 5.32 Å². The van der Waals surface area contributed by atoms with Crippen molar-refractivity contribution in [3.63, 3.8) is 0 Å². The van der Waals surface area contributed by atoms with Crippen molar-refractivity contribution >= 4 is 32.3 Å². The molecular formula is C17H21N3O5S2. The lowest BCUT2D eigenvalue weighted by Crippen LogP contribution is -2.30. The Hall–Kier alpha value is -2.30. The van der Waals surface area contributed by atoms with Crippen molar-refractivity contribution in [1.29, 1.82) is 0 Å². The number of carbonyl (C=O) groups excluding carboxylic acids is 1. The standard InChI is InChI=1S/C17H21N3O5S2/c1-4-19(5-2)27(24,25)14-8-6-13(7-9-14)12(3)18-17(21)15-10-11-16(26-15)20(22)23/h6-12H,4-5H2,1-3H3,(H,18,21). The number of sulfonamides is 1. The molecule has 1 N–H and O–H groups in total. The van der Waals surface area contributed by atoms with Gasteiger partial charge in [0.25, 0.3) is 5.91 Å². The van der Waals surface area contributed by atoms with Gasteiger partial charge in [0.15, 0.2) is 0 Å². The van der Waals surface area contributed by atoms with Crippen LogP contribution < -0.4 is 5.32 Å². The molecule has 0 spiro atoms. The minimum Gasteiger partial charge on any atom is -0.345 e. The first-order chi connectivity index (χ1) is 12.7. The van der Waals surface area contributed by atoms with Crippen LogP contribution >= 0.6 is 11.3 Å². The zero-order valence-electron chi connectivity index (χ0n) is 15.2. The number of hydrogen-bond donors (Lipinski definition) is 1. The summed E-state index contributed by atoms with van der Waals surface area (Å²) in [5, 5.41) is 13.4. The van der Waals surface area contributed by atoms with E-state index in [4.69, 9.17) is 0 Å². The molecule has 0 saturated carbocycles. The van der Waals surface area contributed by atoms with Crippen molar-refractivity contribution in [3.8, 4) is 0 Å². The molecule has 0 fully saturated rings. The normalized spacial score (nSPS) is 12.7. The highest BCUT2D eigenvalue weighted by molar-refractivity contribution is 7.89. The zero-order chi connectivity index (χ0) is 20.2. The van der Waals surface area contributed by atoms with Gasteiger partial charge in [0, 0.05) is 19.2 Å². The predicted molar refractivity (Wildman–Crippen MR) is 103 cm³/mol. The number of thiophene rings is 1. The highest BCUT2D eigenvalue weighted by Gasteiger charge is 2.22. The van der Waals surface area contributed by atoms with Crippen LogP contribution in [0.15, 0.2) is 41.3 Å². The third-order valence-electron chi connectivity index (χ3n) is 4.07. The highest BCUT2D eigenvalue weighted by atomic mass is 32.2. The van der Waals surface area contributed by atoms with E-state index in [9.17, 15) is 23.3 Å². The van der Waals surface area contributed by atoms with Crippen molar-refractivity contribution < 1.29 is 18.1 Å². The summed E-state index contributed by atoms with van der Waals surface area (Å²) in [5.74, 6) is -0.416. The Labute approximate surface area is 162 Å². The summed E-state index contributed by atoms with van der Waals surface area (Å²) >= 11 is 0.804. The minimum absolute atomic E-state index is 0.0984. The first-order valence-electron chi connectivity index (χ1n) is 8.35. The van der Waals surface area contributed by atoms with E-state index in [-0.39, 0.29) is 20.8 Å². The van der Waals surface area contributed by atoms with Gasteiger partial charge in [0.2, 0.25) is 10.0 Å². The third-order valence-corrected chi connectivity index (χ3v) is 7.17. The van der Waals surface area contributed by atoms with E-state index in [1.54, 1.807) is 32.9 Å². The Balaban J connectivity index is 2.12. The van der Waals surface area contributed by atoms with E-state index in [0.717, 1.165) is 16.9 Å². The monoisotopic (exact) mass is 411 g/mol. The van der Waals surface area contributed by atoms with Crippen molar-refractivity contribution in [1.82, 2.24) is 9.62 Å². The molecule has 2 aromatic rings. The van der Waals surface area contributed by atoms with Crippen LogP contribution in [0, 0.1) is 10.1 Å². The van der Waals surface area contributed by atoms with Crippen LogP contribution in [0.2, 0.25) is 0 Å². The number of nitro groups is 1. The molecule has 146 valence electrons. The molecule has 1 aromatic heterocycles. The molecule has 10 heteroatoms. The number of nitrogens with one attached hydrogen (secondary N) is 1. The molecule has 1 unspecified atom stereocenters. The Morgan fingerprint density at radius 2 is 1.78 bits per heavy atom. The SMILES string of the molecule is CCN(CC)S(=O)(=O)c1ccc(C(C)NC(=O)c2ccc([N+](=O)[O-])s2)cc1. The van der Waals surface area contributed by atoms with Gasteiger partial charge in [-0.1, -0.05) is 37.3 Å². The molecule has 2 rings (SSSR count). The van der Waals surface area contributed by atoms with Gasteiger partial charge in [0.1, 0.15) is 0 Å². The first kappa shape index (κ1) is 21.0. The summed E-state index contributed by atoms with van der Waals surface area (Å²) < 4.78 is 26.4. The summed E-state index contributed by atoms with van der Waals surface area (Å²) in [6.07, 6.45) is 0. The van der Waals surface area contributed by atoms with Crippen LogP contribution in [0.3, 0.4) is 0 Å². The molecule has 0 saturated heterocycles. The smallest absolute Gasteiger partial charge is 0.324 e. The number of carbonyl (C=O) groups is 1. The second-order valence-electron chi connectivity index (χ2n) is 5.75. The van der Waals surface area contributed by atoms with Crippen LogP contribution in [0.5, 0.6) is 0 Å². The molecule has 1 atom stereocenters. The quantitative estimate of drug-likeness (QED) is 0.530. The average molecular weight is 412 g/mol. The van der Waals surface area contributed by atoms with Gasteiger partial charge in [-0.05, 0) is 30.7 Å². The lowest BCUT2D eigenvalue weighted by Gasteiger charge is -2.19. The molecule has 1 heterocycles. The third kappa shape index (κ3) is 4.71. The van der Waals surface area contributed by atoms with Crippen LogP contribution in [0.4, 0.5) is 5.00 Å². The maximum atomic E-state index is 12.5. The summed E-state index contributed by atoms with van der Waals surface area (Å²) in [6.45, 7) is 6.09. The predicted octanol–water partition coefficient (Wildman–Crippen LogP) is 3.18. The number of benzene rings is 1. The largest absolute Gasteiger partial charge is 0.345 e. The number of rotatable bonds is 8. The van der Waals surface area contributed by atoms with Crippen LogP contribution in [-0.4, -0.2) is 36.6 Å². The molecule has 1 aromatic carbocycles. The summed E-state index contributed by atoms with van der Waals surface area (Å²) in [5.41, 5.74) is 0.730.